The first-order valence-corrected chi connectivity index (χ1v) is 7.24. The number of hydrogen-bond donors (Lipinski definition) is 3. The van der Waals surface area contributed by atoms with Crippen LogP contribution in [0, 0.1) is 0 Å². The lowest BCUT2D eigenvalue weighted by Crippen LogP contribution is -2.32. The van der Waals surface area contributed by atoms with Crippen LogP contribution in [0.25, 0.3) is 0 Å². The topological polar surface area (TPSA) is 91.5 Å². The van der Waals surface area contributed by atoms with Gasteiger partial charge in [-0.25, -0.2) is 4.98 Å². The predicted octanol–water partition coefficient (Wildman–Crippen LogP) is 1.39. The van der Waals surface area contributed by atoms with Crippen molar-refractivity contribution in [2.45, 2.75) is 33.2 Å². The van der Waals surface area contributed by atoms with Gasteiger partial charge in [-0.05, 0) is 27.2 Å². The number of amides is 1. The number of rotatable bonds is 7. The molecule has 1 rings (SSSR count). The summed E-state index contributed by atoms with van der Waals surface area (Å²) >= 11 is 1.27. The molecule has 7 heteroatoms. The molecule has 0 spiro atoms. The van der Waals surface area contributed by atoms with Gasteiger partial charge in [0, 0.05) is 25.7 Å². The Kier molecular flexibility index (Phi) is 6.04. The van der Waals surface area contributed by atoms with Crippen LogP contribution in [0.3, 0.4) is 0 Å². The van der Waals surface area contributed by atoms with Crippen molar-refractivity contribution in [1.82, 2.24) is 9.88 Å². The molecular formula is C12H22N4O2S. The van der Waals surface area contributed by atoms with Gasteiger partial charge in [-0.3, -0.25) is 4.79 Å². The Morgan fingerprint density at radius 3 is 2.79 bits per heavy atom. The summed E-state index contributed by atoms with van der Waals surface area (Å²) in [4.78, 5) is 18.6. The van der Waals surface area contributed by atoms with Gasteiger partial charge >= 0.3 is 0 Å². The second-order valence-electron chi connectivity index (χ2n) is 4.49. The van der Waals surface area contributed by atoms with Crippen LogP contribution in [0.2, 0.25) is 0 Å². The summed E-state index contributed by atoms with van der Waals surface area (Å²) in [5, 5.41) is 12.6. The van der Waals surface area contributed by atoms with E-state index in [0.717, 1.165) is 0 Å². The highest BCUT2D eigenvalue weighted by molar-refractivity contribution is 7.18. The third kappa shape index (κ3) is 4.36. The maximum Gasteiger partial charge on any atom is 0.267 e. The molecule has 0 unspecified atom stereocenters. The number of aliphatic hydroxyl groups is 1. The first-order chi connectivity index (χ1) is 8.99. The molecule has 0 atom stereocenters. The smallest absolute Gasteiger partial charge is 0.267 e. The average molecular weight is 286 g/mol. The third-order valence-corrected chi connectivity index (χ3v) is 3.51. The molecule has 6 nitrogen and oxygen atoms in total. The SMILES string of the molecule is CCN(CCCO)C(=O)c1sc(NC(C)C)nc1N. The summed E-state index contributed by atoms with van der Waals surface area (Å²) in [6, 6.07) is 0.241. The number of nitrogens with one attached hydrogen (secondary N) is 1. The van der Waals surface area contributed by atoms with E-state index in [-0.39, 0.29) is 24.4 Å². The molecule has 19 heavy (non-hydrogen) atoms. The Balaban J connectivity index is 2.82. The van der Waals surface area contributed by atoms with Gasteiger partial charge in [-0.2, -0.15) is 0 Å². The Morgan fingerprint density at radius 2 is 2.26 bits per heavy atom. The zero-order chi connectivity index (χ0) is 14.4. The van der Waals surface area contributed by atoms with E-state index in [1.807, 2.05) is 20.8 Å². The summed E-state index contributed by atoms with van der Waals surface area (Å²) in [5.74, 6) is 0.142. The number of aliphatic hydroxyl groups excluding tert-OH is 1. The molecule has 0 aliphatic carbocycles. The first-order valence-electron chi connectivity index (χ1n) is 6.42. The number of hydrogen-bond acceptors (Lipinski definition) is 6. The van der Waals surface area contributed by atoms with Crippen LogP contribution in [0.4, 0.5) is 10.9 Å². The number of thiazole rings is 1. The van der Waals surface area contributed by atoms with Crippen LogP contribution in [0.1, 0.15) is 36.9 Å². The normalized spacial score (nSPS) is 10.8. The molecule has 0 aromatic carbocycles. The maximum atomic E-state index is 12.3. The molecule has 1 heterocycles. The lowest BCUT2D eigenvalue weighted by molar-refractivity contribution is 0.0760. The number of anilines is 2. The van der Waals surface area contributed by atoms with E-state index in [1.54, 1.807) is 4.90 Å². The van der Waals surface area contributed by atoms with E-state index in [1.165, 1.54) is 11.3 Å². The van der Waals surface area contributed by atoms with Gasteiger partial charge in [0.15, 0.2) is 5.13 Å². The zero-order valence-electron chi connectivity index (χ0n) is 11.6. The Morgan fingerprint density at radius 1 is 1.58 bits per heavy atom. The number of nitrogens with two attached hydrogens (primary N) is 1. The molecule has 4 N–H and O–H groups in total. The Bertz CT molecular complexity index is 420. The molecule has 108 valence electrons. The van der Waals surface area contributed by atoms with E-state index >= 15 is 0 Å². The van der Waals surface area contributed by atoms with Gasteiger partial charge < -0.3 is 21.1 Å². The van der Waals surface area contributed by atoms with Crippen LogP contribution < -0.4 is 11.1 Å². The fourth-order valence-corrected chi connectivity index (χ4v) is 2.60. The van der Waals surface area contributed by atoms with Gasteiger partial charge in [0.1, 0.15) is 10.7 Å². The van der Waals surface area contributed by atoms with Crippen molar-refractivity contribution in [3.63, 3.8) is 0 Å². The lowest BCUT2D eigenvalue weighted by Gasteiger charge is -2.19. The number of nitrogens with zero attached hydrogens (tertiary/aromatic N) is 2. The number of aromatic nitrogens is 1. The van der Waals surface area contributed by atoms with E-state index in [4.69, 9.17) is 10.8 Å². The summed E-state index contributed by atoms with van der Waals surface area (Å²) in [5.41, 5.74) is 5.80. The number of nitrogen functional groups attached to an aromatic ring is 1. The van der Waals surface area contributed by atoms with Crippen LogP contribution in [-0.4, -0.2) is 46.6 Å². The molecular weight excluding hydrogens is 264 g/mol. The summed E-state index contributed by atoms with van der Waals surface area (Å²) in [7, 11) is 0. The summed E-state index contributed by atoms with van der Waals surface area (Å²) in [6.07, 6.45) is 0.565. The predicted molar refractivity (Wildman–Crippen MR) is 78.6 cm³/mol. The molecule has 0 saturated carbocycles. The van der Waals surface area contributed by atoms with Gasteiger partial charge in [0.2, 0.25) is 0 Å². The van der Waals surface area contributed by atoms with Crippen molar-refractivity contribution >= 4 is 28.2 Å². The van der Waals surface area contributed by atoms with E-state index in [2.05, 4.69) is 10.3 Å². The molecule has 0 bridgehead atoms. The second kappa shape index (κ2) is 7.30. The summed E-state index contributed by atoms with van der Waals surface area (Å²) in [6.45, 7) is 7.08. The minimum atomic E-state index is -0.122. The Hall–Kier alpha value is -1.34. The molecule has 1 aromatic rings. The largest absolute Gasteiger partial charge is 0.396 e. The van der Waals surface area contributed by atoms with Crippen molar-refractivity contribution in [2.24, 2.45) is 0 Å². The minimum absolute atomic E-state index is 0.0715. The quantitative estimate of drug-likeness (QED) is 0.704. The fourth-order valence-electron chi connectivity index (χ4n) is 1.60. The van der Waals surface area contributed by atoms with Crippen molar-refractivity contribution in [1.29, 1.82) is 0 Å². The van der Waals surface area contributed by atoms with E-state index < -0.39 is 0 Å². The van der Waals surface area contributed by atoms with Crippen LogP contribution in [0.5, 0.6) is 0 Å². The number of carbonyl (C=O) groups is 1. The fraction of sp³-hybridized carbons (Fsp3) is 0.667. The maximum absolute atomic E-state index is 12.3. The average Bonchev–Trinajstić information content (AvgIpc) is 2.69. The van der Waals surface area contributed by atoms with Crippen molar-refractivity contribution in [3.8, 4) is 0 Å². The molecule has 0 saturated heterocycles. The second-order valence-corrected chi connectivity index (χ2v) is 5.49. The standard InChI is InChI=1S/C12H22N4O2S/c1-4-16(6-5-7-17)11(18)9-10(13)15-12(19-9)14-8(2)3/h8,17H,4-7,13H2,1-3H3,(H,14,15). The lowest BCUT2D eigenvalue weighted by atomic mass is 10.3. The molecule has 0 fully saturated rings. The molecule has 1 amide bonds. The zero-order valence-corrected chi connectivity index (χ0v) is 12.5. The van der Waals surface area contributed by atoms with Crippen LogP contribution in [-0.2, 0) is 0 Å². The first kappa shape index (κ1) is 15.7. The molecule has 1 aromatic heterocycles. The van der Waals surface area contributed by atoms with Crippen LogP contribution >= 0.6 is 11.3 Å². The Labute approximate surface area is 117 Å². The van der Waals surface area contributed by atoms with Gasteiger partial charge in [0.05, 0.1) is 0 Å². The molecule has 0 radical (unpaired) electrons. The van der Waals surface area contributed by atoms with E-state index in [0.29, 0.717) is 29.5 Å². The molecule has 0 aliphatic heterocycles. The van der Waals surface area contributed by atoms with Crippen LogP contribution in [0.15, 0.2) is 0 Å². The monoisotopic (exact) mass is 286 g/mol. The van der Waals surface area contributed by atoms with Crippen molar-refractivity contribution < 1.29 is 9.90 Å². The highest BCUT2D eigenvalue weighted by Crippen LogP contribution is 2.26. The highest BCUT2D eigenvalue weighted by atomic mass is 32.1. The van der Waals surface area contributed by atoms with Gasteiger partial charge in [-0.15, -0.1) is 0 Å². The van der Waals surface area contributed by atoms with Gasteiger partial charge in [0.25, 0.3) is 5.91 Å². The third-order valence-electron chi connectivity index (χ3n) is 2.51. The molecule has 0 aliphatic rings. The highest BCUT2D eigenvalue weighted by Gasteiger charge is 2.21. The van der Waals surface area contributed by atoms with Gasteiger partial charge in [-0.1, -0.05) is 11.3 Å². The van der Waals surface area contributed by atoms with Crippen molar-refractivity contribution in [2.75, 3.05) is 30.7 Å². The van der Waals surface area contributed by atoms with E-state index in [9.17, 15) is 4.79 Å². The summed E-state index contributed by atoms with van der Waals surface area (Å²) < 4.78 is 0. The number of carbonyl (C=O) groups excluding carboxylic acids is 1. The minimum Gasteiger partial charge on any atom is -0.396 e. The van der Waals surface area contributed by atoms with Crippen molar-refractivity contribution in [3.05, 3.63) is 4.88 Å².